The normalized spacial score (nSPS) is 20.9. The molecule has 2 aromatic carbocycles. The Labute approximate surface area is 214 Å². The number of anilines is 2. The molecule has 2 N–H and O–H groups in total. The van der Waals surface area contributed by atoms with Crippen molar-refractivity contribution in [3.63, 3.8) is 0 Å². The van der Waals surface area contributed by atoms with E-state index in [1.54, 1.807) is 42.6 Å². The number of rotatable bonds is 6. The van der Waals surface area contributed by atoms with Gasteiger partial charge in [0.1, 0.15) is 5.54 Å². The fourth-order valence-electron chi connectivity index (χ4n) is 4.49. The summed E-state index contributed by atoms with van der Waals surface area (Å²) in [6, 6.07) is 12.9. The number of nitrogens with zero attached hydrogens (tertiary/aromatic N) is 2. The minimum absolute atomic E-state index is 0.0594. The van der Waals surface area contributed by atoms with Crippen molar-refractivity contribution in [3.8, 4) is 0 Å². The largest absolute Gasteiger partial charge is 0.501 e. The summed E-state index contributed by atoms with van der Waals surface area (Å²) >= 11 is 0. The predicted molar refractivity (Wildman–Crippen MR) is 129 cm³/mol. The molecule has 196 valence electrons. The van der Waals surface area contributed by atoms with Gasteiger partial charge in [-0.2, -0.15) is 13.2 Å². The third kappa shape index (κ3) is 4.28. The Kier molecular flexibility index (Phi) is 5.97. The van der Waals surface area contributed by atoms with Gasteiger partial charge < -0.3 is 10.6 Å². The molecule has 1 saturated heterocycles. The van der Waals surface area contributed by atoms with E-state index in [2.05, 4.69) is 15.6 Å². The molecule has 1 spiro atoms. The van der Waals surface area contributed by atoms with Gasteiger partial charge in [-0.25, -0.2) is 18.1 Å². The van der Waals surface area contributed by atoms with Crippen molar-refractivity contribution in [1.82, 2.24) is 10.3 Å². The predicted octanol–water partition coefficient (Wildman–Crippen LogP) is 3.69. The van der Waals surface area contributed by atoms with E-state index < -0.39 is 37.7 Å². The van der Waals surface area contributed by atoms with Crippen LogP contribution in [0, 0.1) is 5.92 Å². The number of halogens is 3. The summed E-state index contributed by atoms with van der Waals surface area (Å²) in [5.41, 5.74) is -5.14. The zero-order valence-corrected chi connectivity index (χ0v) is 20.2. The lowest BCUT2D eigenvalue weighted by atomic mass is 10.0. The van der Waals surface area contributed by atoms with Crippen LogP contribution in [0.2, 0.25) is 0 Å². The summed E-state index contributed by atoms with van der Waals surface area (Å²) in [5, 5.41) is 5.47. The number of urea groups is 1. The number of pyridine rings is 1. The number of imide groups is 1. The van der Waals surface area contributed by atoms with Crippen molar-refractivity contribution in [2.45, 2.75) is 28.8 Å². The van der Waals surface area contributed by atoms with Gasteiger partial charge >= 0.3 is 11.5 Å². The van der Waals surface area contributed by atoms with E-state index in [1.807, 2.05) is 0 Å². The van der Waals surface area contributed by atoms with Crippen LogP contribution in [0.5, 0.6) is 0 Å². The number of benzene rings is 2. The van der Waals surface area contributed by atoms with Crippen LogP contribution in [0.25, 0.3) is 0 Å². The molecule has 1 aliphatic carbocycles. The second-order valence-electron chi connectivity index (χ2n) is 8.94. The molecular weight excluding hydrogens is 525 g/mol. The Bertz CT molecular complexity index is 1550. The second kappa shape index (κ2) is 8.94. The molecule has 2 aliphatic rings. The van der Waals surface area contributed by atoms with Gasteiger partial charge in [0.15, 0.2) is 0 Å². The van der Waals surface area contributed by atoms with Crippen molar-refractivity contribution in [3.05, 3.63) is 84.2 Å². The second-order valence-corrected chi connectivity index (χ2v) is 10.9. The van der Waals surface area contributed by atoms with E-state index in [-0.39, 0.29) is 17.5 Å². The highest BCUT2D eigenvalue weighted by atomic mass is 32.2. The summed E-state index contributed by atoms with van der Waals surface area (Å²) in [6.07, 6.45) is 3.67. The van der Waals surface area contributed by atoms with Gasteiger partial charge in [0.25, 0.3) is 21.7 Å². The number of aromatic nitrogens is 1. The fraction of sp³-hybridized carbons (Fsp3) is 0.200. The summed E-state index contributed by atoms with van der Waals surface area (Å²) in [6.45, 7) is 0. The lowest BCUT2D eigenvalue weighted by molar-refractivity contribution is -0.119. The van der Waals surface area contributed by atoms with Crippen molar-refractivity contribution in [2.24, 2.45) is 5.92 Å². The lowest BCUT2D eigenvalue weighted by Crippen LogP contribution is -2.35. The van der Waals surface area contributed by atoms with Gasteiger partial charge in [-0.1, -0.05) is 18.2 Å². The molecular formula is C25H19F3N4O5S. The van der Waals surface area contributed by atoms with E-state index in [4.69, 9.17) is 0 Å². The first-order valence-corrected chi connectivity index (χ1v) is 12.8. The third-order valence-electron chi connectivity index (χ3n) is 6.59. The maximum Gasteiger partial charge on any atom is 0.501 e. The topological polar surface area (TPSA) is 126 Å². The lowest BCUT2D eigenvalue weighted by Gasteiger charge is -2.15. The number of amides is 4. The molecule has 3 aromatic rings. The number of alkyl halides is 3. The highest BCUT2D eigenvalue weighted by Crippen LogP contribution is 2.50. The first-order chi connectivity index (χ1) is 17.9. The average molecular weight is 545 g/mol. The molecule has 2 atom stereocenters. The van der Waals surface area contributed by atoms with Crippen molar-refractivity contribution >= 4 is 39.1 Å². The molecule has 2 unspecified atom stereocenters. The summed E-state index contributed by atoms with van der Waals surface area (Å²) < 4.78 is 61.7. The van der Waals surface area contributed by atoms with Crippen LogP contribution >= 0.6 is 0 Å². The number of nitrogens with one attached hydrogen (secondary N) is 2. The van der Waals surface area contributed by atoms with E-state index in [1.165, 1.54) is 6.20 Å². The van der Waals surface area contributed by atoms with Crippen LogP contribution in [0.4, 0.5) is 29.3 Å². The molecule has 9 nitrogen and oxygen atoms in total. The van der Waals surface area contributed by atoms with Gasteiger partial charge in [0.2, 0.25) is 0 Å². The molecule has 0 bridgehead atoms. The smallest absolute Gasteiger partial charge is 0.322 e. The molecule has 2 fully saturated rings. The zero-order valence-electron chi connectivity index (χ0n) is 19.4. The molecule has 1 aromatic heterocycles. The summed E-state index contributed by atoms with van der Waals surface area (Å²) in [7, 11) is -5.57. The standard InChI is InChI=1S/C25H19F3N4O5S/c26-25(27,28)38(36,37)19-8-6-18(7-9-19)32-22(34)24(31-23(32)35)13-17(24)12-16-10-11-29-14-20(16)30-21(33)15-4-2-1-3-5-15/h1-11,14,17H,12-13H2,(H,30,33)(H,31,35). The van der Waals surface area contributed by atoms with Crippen LogP contribution < -0.4 is 15.5 Å². The van der Waals surface area contributed by atoms with Crippen LogP contribution in [-0.4, -0.2) is 42.3 Å². The first-order valence-electron chi connectivity index (χ1n) is 11.3. The Morgan fingerprint density at radius 3 is 2.42 bits per heavy atom. The quantitative estimate of drug-likeness (QED) is 0.456. The molecule has 1 saturated carbocycles. The van der Waals surface area contributed by atoms with E-state index in [9.17, 15) is 36.0 Å². The fourth-order valence-corrected chi connectivity index (χ4v) is 5.25. The number of hydrogen-bond acceptors (Lipinski definition) is 6. The number of carbonyl (C=O) groups excluding carboxylic acids is 3. The number of hydrogen-bond donors (Lipinski definition) is 2. The van der Waals surface area contributed by atoms with Gasteiger partial charge in [-0.3, -0.25) is 14.6 Å². The number of carbonyl (C=O) groups is 3. The SMILES string of the molecule is O=C(Nc1cnccc1CC1CC12NC(=O)N(c1ccc(S(=O)(=O)C(F)(F)F)cc1)C2=O)c1ccccc1. The molecule has 13 heteroatoms. The first kappa shape index (κ1) is 25.4. The average Bonchev–Trinajstić information content (AvgIpc) is 3.50. The molecule has 0 radical (unpaired) electrons. The van der Waals surface area contributed by atoms with E-state index in [0.29, 0.717) is 41.8 Å². The molecule has 5 rings (SSSR count). The molecule has 1 aliphatic heterocycles. The van der Waals surface area contributed by atoms with E-state index >= 15 is 0 Å². The van der Waals surface area contributed by atoms with Crippen LogP contribution in [-0.2, 0) is 21.1 Å². The minimum atomic E-state index is -5.57. The Morgan fingerprint density at radius 1 is 1.08 bits per heavy atom. The monoisotopic (exact) mass is 544 g/mol. The Morgan fingerprint density at radius 2 is 1.76 bits per heavy atom. The van der Waals surface area contributed by atoms with Crippen LogP contribution in [0.15, 0.2) is 78.0 Å². The zero-order chi connectivity index (χ0) is 27.3. The highest BCUT2D eigenvalue weighted by molar-refractivity contribution is 7.92. The van der Waals surface area contributed by atoms with Crippen molar-refractivity contribution < 1.29 is 36.0 Å². The maximum atomic E-state index is 13.3. The van der Waals surface area contributed by atoms with E-state index in [0.717, 1.165) is 17.0 Å². The highest BCUT2D eigenvalue weighted by Gasteiger charge is 2.67. The summed E-state index contributed by atoms with van der Waals surface area (Å²) in [5.74, 6) is -1.25. The number of sulfone groups is 1. The Balaban J connectivity index is 1.32. The van der Waals surface area contributed by atoms with Gasteiger partial charge in [0, 0.05) is 11.8 Å². The van der Waals surface area contributed by atoms with Crippen molar-refractivity contribution in [2.75, 3.05) is 10.2 Å². The molecule has 4 amide bonds. The summed E-state index contributed by atoms with van der Waals surface area (Å²) in [4.78, 5) is 42.4. The van der Waals surface area contributed by atoms with Crippen LogP contribution in [0.1, 0.15) is 22.3 Å². The molecule has 2 heterocycles. The Hall–Kier alpha value is -4.26. The third-order valence-corrected chi connectivity index (χ3v) is 8.10. The van der Waals surface area contributed by atoms with Gasteiger partial charge in [-0.15, -0.1) is 0 Å². The van der Waals surface area contributed by atoms with Gasteiger partial charge in [-0.05, 0) is 66.8 Å². The minimum Gasteiger partial charge on any atom is -0.322 e. The van der Waals surface area contributed by atoms with Gasteiger partial charge in [0.05, 0.1) is 22.5 Å². The van der Waals surface area contributed by atoms with Crippen LogP contribution in [0.3, 0.4) is 0 Å². The molecule has 38 heavy (non-hydrogen) atoms. The maximum absolute atomic E-state index is 13.3. The van der Waals surface area contributed by atoms with Crippen molar-refractivity contribution in [1.29, 1.82) is 0 Å².